The monoisotopic (exact) mass is 830 g/mol. The topological polar surface area (TPSA) is 28.9 Å². The van der Waals surface area contributed by atoms with Crippen molar-refractivity contribution in [2.75, 3.05) is 9.80 Å². The zero-order valence-electron chi connectivity index (χ0n) is 35.2. The van der Waals surface area contributed by atoms with Gasteiger partial charge in [0.05, 0.1) is 28.2 Å². The van der Waals surface area contributed by atoms with Crippen molar-refractivity contribution in [3.63, 3.8) is 0 Å². The lowest BCUT2D eigenvalue weighted by molar-refractivity contribution is 0.474. The Balaban J connectivity index is 0.872. The molecule has 2 aliphatic heterocycles. The molecule has 0 atom stereocenters. The number of nitrogens with zero attached hydrogens (tertiary/aromatic N) is 2. The Kier molecular flexibility index (Phi) is 7.57. The van der Waals surface area contributed by atoms with Gasteiger partial charge < -0.3 is 19.0 Å². The number of hydrogen-bond donors (Lipinski definition) is 0. The summed E-state index contributed by atoms with van der Waals surface area (Å²) in [7, 11) is 0. The molecule has 1 spiro atoms. The van der Waals surface area contributed by atoms with E-state index in [0.29, 0.717) is 0 Å². The molecule has 10 aromatic carbocycles. The quantitative estimate of drug-likeness (QED) is 0.173. The molecule has 0 N–H and O–H groups in total. The maximum absolute atomic E-state index is 7.00. The molecule has 14 rings (SSSR count). The molecular weight excluding hydrogens is 793 g/mol. The Bertz CT molecular complexity index is 3660. The van der Waals surface area contributed by atoms with E-state index in [-0.39, 0.29) is 0 Å². The molecule has 0 fully saturated rings. The summed E-state index contributed by atoms with van der Waals surface area (Å²) in [6.07, 6.45) is 0. The van der Waals surface area contributed by atoms with E-state index in [1.807, 2.05) is 12.1 Å². The van der Waals surface area contributed by atoms with Crippen LogP contribution in [-0.4, -0.2) is 0 Å². The SMILES string of the molecule is c1ccc(-c2ccc(N(c3ccc(-c4ccc5c(c4)Oc4cccc6c4N5c4ccccc4C64c5ccccc5-c5ccccc54)cc3)c3cccc4c3oc3ccccc34)cc2)cc1. The zero-order valence-corrected chi connectivity index (χ0v) is 35.2. The molecule has 0 radical (unpaired) electrons. The van der Waals surface area contributed by atoms with Crippen molar-refractivity contribution in [2.24, 2.45) is 0 Å². The Morgan fingerprint density at radius 3 is 1.71 bits per heavy atom. The molecular formula is C61H38N2O2. The van der Waals surface area contributed by atoms with Crippen LogP contribution >= 0.6 is 0 Å². The second-order valence-corrected chi connectivity index (χ2v) is 17.2. The number of furan rings is 1. The highest BCUT2D eigenvalue weighted by atomic mass is 16.5. The van der Waals surface area contributed by atoms with Crippen molar-refractivity contribution in [2.45, 2.75) is 5.41 Å². The summed E-state index contributed by atoms with van der Waals surface area (Å²) in [5, 5.41) is 2.20. The Morgan fingerprint density at radius 1 is 0.385 bits per heavy atom. The fraction of sp³-hybridized carbons (Fsp3) is 0.0164. The predicted octanol–water partition coefficient (Wildman–Crippen LogP) is 16.6. The van der Waals surface area contributed by atoms with Crippen molar-refractivity contribution in [3.8, 4) is 44.9 Å². The molecule has 0 unspecified atom stereocenters. The van der Waals surface area contributed by atoms with Crippen LogP contribution in [0.4, 0.5) is 34.1 Å². The van der Waals surface area contributed by atoms with E-state index >= 15 is 0 Å². The number of rotatable bonds is 5. The normalized spacial score (nSPS) is 13.4. The minimum atomic E-state index is -0.484. The van der Waals surface area contributed by atoms with E-state index in [1.165, 1.54) is 44.5 Å². The maximum Gasteiger partial charge on any atom is 0.159 e. The van der Waals surface area contributed by atoms with E-state index in [1.54, 1.807) is 0 Å². The van der Waals surface area contributed by atoms with E-state index in [4.69, 9.17) is 9.15 Å². The van der Waals surface area contributed by atoms with E-state index in [2.05, 4.69) is 228 Å². The van der Waals surface area contributed by atoms with Gasteiger partial charge in [0, 0.05) is 22.1 Å². The van der Waals surface area contributed by atoms with Crippen LogP contribution in [0, 0.1) is 0 Å². The molecule has 304 valence electrons. The second-order valence-electron chi connectivity index (χ2n) is 17.2. The van der Waals surface area contributed by atoms with Crippen LogP contribution in [0.1, 0.15) is 22.3 Å². The molecule has 1 aromatic heterocycles. The number of para-hydroxylation sites is 4. The maximum atomic E-state index is 7.00. The highest BCUT2D eigenvalue weighted by Crippen LogP contribution is 2.67. The van der Waals surface area contributed by atoms with Gasteiger partial charge in [-0.15, -0.1) is 0 Å². The van der Waals surface area contributed by atoms with Gasteiger partial charge in [-0.05, 0) is 116 Å². The van der Waals surface area contributed by atoms with Crippen LogP contribution in [-0.2, 0) is 5.41 Å². The molecule has 0 bridgehead atoms. The zero-order chi connectivity index (χ0) is 42.6. The number of benzene rings is 10. The number of hydrogen-bond acceptors (Lipinski definition) is 4. The van der Waals surface area contributed by atoms with Crippen LogP contribution in [0.15, 0.2) is 235 Å². The summed E-state index contributed by atoms with van der Waals surface area (Å²) in [6, 6.07) is 82.9. The van der Waals surface area contributed by atoms with Crippen molar-refractivity contribution < 1.29 is 9.15 Å². The van der Waals surface area contributed by atoms with Gasteiger partial charge in [-0.25, -0.2) is 0 Å². The average Bonchev–Trinajstić information content (AvgIpc) is 3.90. The summed E-state index contributed by atoms with van der Waals surface area (Å²) in [5.74, 6) is 1.68. The molecule has 4 heteroatoms. The first-order chi connectivity index (χ1) is 32.2. The van der Waals surface area contributed by atoms with Crippen LogP contribution in [0.25, 0.3) is 55.3 Å². The molecule has 3 heterocycles. The number of ether oxygens (including phenoxy) is 1. The minimum Gasteiger partial charge on any atom is -0.454 e. The third kappa shape index (κ3) is 5.08. The summed E-state index contributed by atoms with van der Waals surface area (Å²) in [5.41, 5.74) is 19.8. The fourth-order valence-electron chi connectivity index (χ4n) is 11.1. The lowest BCUT2D eigenvalue weighted by Crippen LogP contribution is -2.37. The lowest BCUT2D eigenvalue weighted by Gasteiger charge is -2.47. The Morgan fingerprint density at radius 2 is 0.954 bits per heavy atom. The Hall–Kier alpha value is -8.60. The largest absolute Gasteiger partial charge is 0.454 e. The van der Waals surface area contributed by atoms with Crippen molar-refractivity contribution in [1.29, 1.82) is 0 Å². The van der Waals surface area contributed by atoms with Crippen molar-refractivity contribution in [3.05, 3.63) is 253 Å². The van der Waals surface area contributed by atoms with E-state index < -0.39 is 5.41 Å². The first kappa shape index (κ1) is 35.9. The fourth-order valence-corrected chi connectivity index (χ4v) is 11.1. The Labute approximate surface area is 376 Å². The first-order valence-corrected chi connectivity index (χ1v) is 22.2. The standard InChI is InChI=1S/C61H38N2O2/c1-2-14-39(15-3-1)40-28-33-43(34-29-40)62(55-25-12-19-48-47-18-6-11-26-56(47)65-60(48)55)44-35-30-41(31-36-44)42-32-37-54-58(38-42)64-57-27-13-23-52-59(57)63(54)53-24-10-9-22-51(53)61(52)49-20-7-4-16-45(49)46-17-5-8-21-50(46)61/h1-38H. The molecule has 0 amide bonds. The van der Waals surface area contributed by atoms with Crippen LogP contribution in [0.2, 0.25) is 0 Å². The third-order valence-corrected chi connectivity index (χ3v) is 13.9. The number of anilines is 6. The molecule has 11 aromatic rings. The van der Waals surface area contributed by atoms with Crippen LogP contribution < -0.4 is 14.5 Å². The summed E-state index contributed by atoms with van der Waals surface area (Å²) >= 11 is 0. The molecule has 1 aliphatic carbocycles. The smallest absolute Gasteiger partial charge is 0.159 e. The summed E-state index contributed by atoms with van der Waals surface area (Å²) in [6.45, 7) is 0. The predicted molar refractivity (Wildman–Crippen MR) is 265 cm³/mol. The van der Waals surface area contributed by atoms with Gasteiger partial charge in [-0.2, -0.15) is 0 Å². The lowest BCUT2D eigenvalue weighted by atomic mass is 9.64. The second kappa shape index (κ2) is 13.7. The molecule has 0 saturated heterocycles. The molecule has 65 heavy (non-hydrogen) atoms. The van der Waals surface area contributed by atoms with Gasteiger partial charge in [0.25, 0.3) is 0 Å². The van der Waals surface area contributed by atoms with Gasteiger partial charge in [0.15, 0.2) is 17.1 Å². The average molecular weight is 831 g/mol. The molecule has 3 aliphatic rings. The third-order valence-electron chi connectivity index (χ3n) is 13.9. The van der Waals surface area contributed by atoms with Crippen LogP contribution in [0.5, 0.6) is 11.5 Å². The van der Waals surface area contributed by atoms with E-state index in [0.717, 1.165) is 78.7 Å². The summed E-state index contributed by atoms with van der Waals surface area (Å²) < 4.78 is 13.6. The minimum absolute atomic E-state index is 0.484. The summed E-state index contributed by atoms with van der Waals surface area (Å²) in [4.78, 5) is 4.73. The highest BCUT2D eigenvalue weighted by molar-refractivity contribution is 6.10. The van der Waals surface area contributed by atoms with E-state index in [9.17, 15) is 0 Å². The molecule has 0 saturated carbocycles. The van der Waals surface area contributed by atoms with Gasteiger partial charge in [0.1, 0.15) is 5.58 Å². The van der Waals surface area contributed by atoms with Gasteiger partial charge in [-0.3, -0.25) is 0 Å². The highest BCUT2D eigenvalue weighted by Gasteiger charge is 2.53. The first-order valence-electron chi connectivity index (χ1n) is 22.2. The van der Waals surface area contributed by atoms with Crippen LogP contribution in [0.3, 0.4) is 0 Å². The van der Waals surface area contributed by atoms with Gasteiger partial charge in [-0.1, -0.05) is 170 Å². The van der Waals surface area contributed by atoms with Gasteiger partial charge >= 0.3 is 0 Å². The molecule has 4 nitrogen and oxygen atoms in total. The van der Waals surface area contributed by atoms with Crippen molar-refractivity contribution >= 4 is 56.1 Å². The van der Waals surface area contributed by atoms with Gasteiger partial charge in [0.2, 0.25) is 0 Å². The van der Waals surface area contributed by atoms with Crippen molar-refractivity contribution in [1.82, 2.24) is 0 Å². The number of fused-ring (bicyclic) bond motifs is 14.